The summed E-state index contributed by atoms with van der Waals surface area (Å²) >= 11 is 0. The number of hydrogen-bond acceptors (Lipinski definition) is 0. The first-order valence-electron chi connectivity index (χ1n) is 7.88. The highest BCUT2D eigenvalue weighted by atomic mass is 14.3. The molecule has 0 saturated heterocycles. The quantitative estimate of drug-likeness (QED) is 0.443. The molecule has 0 aliphatic carbocycles. The Morgan fingerprint density at radius 3 is 1.76 bits per heavy atom. The van der Waals surface area contributed by atoms with Gasteiger partial charge >= 0.3 is 0 Å². The van der Waals surface area contributed by atoms with Crippen molar-refractivity contribution in [2.45, 2.75) is 87.0 Å². The van der Waals surface area contributed by atoms with Crippen LogP contribution < -0.4 is 0 Å². The lowest BCUT2D eigenvalue weighted by Crippen LogP contribution is -2.19. The first kappa shape index (κ1) is 17.0. The lowest BCUT2D eigenvalue weighted by atomic mass is 9.74. The molecule has 0 amide bonds. The lowest BCUT2D eigenvalue weighted by Gasteiger charge is -2.32. The minimum atomic E-state index is 0.585. The molecule has 0 aromatic heterocycles. The molecule has 0 fully saturated rings. The van der Waals surface area contributed by atoms with Crippen molar-refractivity contribution in [3.8, 4) is 0 Å². The van der Waals surface area contributed by atoms with Gasteiger partial charge in [0.1, 0.15) is 0 Å². The van der Waals surface area contributed by atoms with Crippen LogP contribution in [-0.4, -0.2) is 0 Å². The molecule has 0 nitrogen and oxygen atoms in total. The topological polar surface area (TPSA) is 0 Å². The summed E-state index contributed by atoms with van der Waals surface area (Å²) in [5.41, 5.74) is 0.585. The summed E-state index contributed by atoms with van der Waals surface area (Å²) in [6, 6.07) is 0. The number of rotatable bonds is 9. The number of hydrogen-bond donors (Lipinski definition) is 0. The van der Waals surface area contributed by atoms with Crippen LogP contribution in [0.5, 0.6) is 0 Å². The molecular formula is C17H36. The average molecular weight is 240 g/mol. The summed E-state index contributed by atoms with van der Waals surface area (Å²) < 4.78 is 0. The maximum absolute atomic E-state index is 2.47. The van der Waals surface area contributed by atoms with Crippen LogP contribution in [0.25, 0.3) is 0 Å². The van der Waals surface area contributed by atoms with Crippen molar-refractivity contribution in [2.75, 3.05) is 0 Å². The summed E-state index contributed by atoms with van der Waals surface area (Å²) in [5, 5.41) is 0. The molecule has 2 atom stereocenters. The molecule has 0 aromatic rings. The molecule has 0 bridgehead atoms. The van der Waals surface area contributed by atoms with Crippen LogP contribution in [0.15, 0.2) is 0 Å². The van der Waals surface area contributed by atoms with E-state index in [0.29, 0.717) is 5.41 Å². The maximum atomic E-state index is 2.47. The van der Waals surface area contributed by atoms with Gasteiger partial charge in [0.15, 0.2) is 0 Å². The molecule has 0 aromatic carbocycles. The van der Waals surface area contributed by atoms with Gasteiger partial charge in [-0.3, -0.25) is 0 Å². The summed E-state index contributed by atoms with van der Waals surface area (Å²) in [4.78, 5) is 0. The van der Waals surface area contributed by atoms with Crippen molar-refractivity contribution >= 4 is 0 Å². The molecule has 0 radical (unpaired) electrons. The molecule has 0 N–H and O–H groups in total. The van der Waals surface area contributed by atoms with Gasteiger partial charge in [-0.2, -0.15) is 0 Å². The van der Waals surface area contributed by atoms with Crippen molar-refractivity contribution in [3.05, 3.63) is 0 Å². The normalized spacial score (nSPS) is 16.2. The summed E-state index contributed by atoms with van der Waals surface area (Å²) in [6.07, 6.45) is 8.31. The summed E-state index contributed by atoms with van der Waals surface area (Å²) in [6.45, 7) is 16.7. The Morgan fingerprint density at radius 2 is 1.41 bits per heavy atom. The van der Waals surface area contributed by atoms with E-state index in [-0.39, 0.29) is 0 Å². The van der Waals surface area contributed by atoms with Gasteiger partial charge in [0, 0.05) is 0 Å². The van der Waals surface area contributed by atoms with Crippen LogP contribution >= 0.6 is 0 Å². The van der Waals surface area contributed by atoms with Crippen molar-refractivity contribution in [2.24, 2.45) is 23.2 Å². The smallest absolute Gasteiger partial charge is 0.0328 e. The summed E-state index contributed by atoms with van der Waals surface area (Å²) in [7, 11) is 0. The minimum Gasteiger partial charge on any atom is -0.0651 e. The first-order chi connectivity index (χ1) is 7.88. The molecule has 0 aliphatic rings. The molecule has 0 heteroatoms. The molecular weight excluding hydrogens is 204 g/mol. The SMILES string of the molecule is CCC(CCC(C)C(C)C)CC(C)(CC)CC. The lowest BCUT2D eigenvalue weighted by molar-refractivity contribution is 0.200. The van der Waals surface area contributed by atoms with Crippen LogP contribution in [0.4, 0.5) is 0 Å². The zero-order valence-electron chi connectivity index (χ0n) is 13.5. The highest BCUT2D eigenvalue weighted by molar-refractivity contribution is 4.75. The van der Waals surface area contributed by atoms with Gasteiger partial charge in [0.25, 0.3) is 0 Å². The van der Waals surface area contributed by atoms with Crippen molar-refractivity contribution in [1.82, 2.24) is 0 Å². The maximum Gasteiger partial charge on any atom is -0.0328 e. The molecule has 0 spiro atoms. The first-order valence-corrected chi connectivity index (χ1v) is 7.88. The zero-order valence-corrected chi connectivity index (χ0v) is 13.5. The summed E-state index contributed by atoms with van der Waals surface area (Å²) in [5.74, 6) is 2.68. The third-order valence-electron chi connectivity index (χ3n) is 5.23. The van der Waals surface area contributed by atoms with E-state index in [1.54, 1.807) is 0 Å². The van der Waals surface area contributed by atoms with Gasteiger partial charge in [0.2, 0.25) is 0 Å². The second-order valence-electron chi connectivity index (χ2n) is 6.79. The Kier molecular flexibility index (Phi) is 8.16. The monoisotopic (exact) mass is 240 g/mol. The second-order valence-corrected chi connectivity index (χ2v) is 6.79. The van der Waals surface area contributed by atoms with E-state index >= 15 is 0 Å². The van der Waals surface area contributed by atoms with E-state index in [2.05, 4.69) is 48.5 Å². The van der Waals surface area contributed by atoms with Gasteiger partial charge in [-0.15, -0.1) is 0 Å². The zero-order chi connectivity index (χ0) is 13.5. The van der Waals surface area contributed by atoms with E-state index in [9.17, 15) is 0 Å². The van der Waals surface area contributed by atoms with Crippen LogP contribution in [0, 0.1) is 23.2 Å². The van der Waals surface area contributed by atoms with E-state index < -0.39 is 0 Å². The van der Waals surface area contributed by atoms with E-state index in [4.69, 9.17) is 0 Å². The fourth-order valence-electron chi connectivity index (χ4n) is 2.52. The molecule has 0 saturated carbocycles. The Labute approximate surface area is 111 Å². The van der Waals surface area contributed by atoms with Crippen molar-refractivity contribution < 1.29 is 0 Å². The van der Waals surface area contributed by atoms with Gasteiger partial charge in [-0.1, -0.05) is 80.6 Å². The standard InChI is InChI=1S/C17H36/c1-8-16(12-11-15(6)14(4)5)13-17(7,9-2)10-3/h14-16H,8-13H2,1-7H3. The molecule has 0 rings (SSSR count). The predicted molar refractivity (Wildman–Crippen MR) is 80.3 cm³/mol. The third kappa shape index (κ3) is 6.48. The Bertz CT molecular complexity index is 176. The average Bonchev–Trinajstić information content (AvgIpc) is 2.33. The van der Waals surface area contributed by atoms with Gasteiger partial charge < -0.3 is 0 Å². The van der Waals surface area contributed by atoms with E-state index in [0.717, 1.165) is 17.8 Å². The Hall–Kier alpha value is 0. The fraction of sp³-hybridized carbons (Fsp3) is 1.00. The van der Waals surface area contributed by atoms with Gasteiger partial charge in [0.05, 0.1) is 0 Å². The van der Waals surface area contributed by atoms with Gasteiger partial charge in [-0.25, -0.2) is 0 Å². The molecule has 0 heterocycles. The van der Waals surface area contributed by atoms with Crippen LogP contribution in [-0.2, 0) is 0 Å². The molecule has 17 heavy (non-hydrogen) atoms. The largest absolute Gasteiger partial charge is 0.0651 e. The molecule has 2 unspecified atom stereocenters. The highest BCUT2D eigenvalue weighted by Crippen LogP contribution is 2.36. The Balaban J connectivity index is 4.16. The van der Waals surface area contributed by atoms with Crippen LogP contribution in [0.1, 0.15) is 87.0 Å². The third-order valence-corrected chi connectivity index (χ3v) is 5.23. The van der Waals surface area contributed by atoms with Gasteiger partial charge in [-0.05, 0) is 29.6 Å². The Morgan fingerprint density at radius 1 is 0.882 bits per heavy atom. The van der Waals surface area contributed by atoms with Crippen LogP contribution in [0.2, 0.25) is 0 Å². The second kappa shape index (κ2) is 8.16. The molecule has 0 aliphatic heterocycles. The van der Waals surface area contributed by atoms with E-state index in [1.807, 2.05) is 0 Å². The fourth-order valence-corrected chi connectivity index (χ4v) is 2.52. The molecule has 104 valence electrons. The minimum absolute atomic E-state index is 0.585. The van der Waals surface area contributed by atoms with E-state index in [1.165, 1.54) is 38.5 Å². The van der Waals surface area contributed by atoms with Crippen LogP contribution in [0.3, 0.4) is 0 Å². The predicted octanol–water partition coefficient (Wildman–Crippen LogP) is 6.30. The van der Waals surface area contributed by atoms with Crippen molar-refractivity contribution in [1.29, 1.82) is 0 Å². The van der Waals surface area contributed by atoms with Crippen molar-refractivity contribution in [3.63, 3.8) is 0 Å². The highest BCUT2D eigenvalue weighted by Gasteiger charge is 2.24.